The monoisotopic (exact) mass is 684 g/mol. The number of halogens is 1. The van der Waals surface area contributed by atoms with Gasteiger partial charge < -0.3 is 21.3 Å². The molecule has 4 aliphatic carbocycles. The van der Waals surface area contributed by atoms with E-state index in [9.17, 15) is 4.79 Å². The van der Waals surface area contributed by atoms with E-state index in [0.717, 1.165) is 60.4 Å². The highest BCUT2D eigenvalue weighted by atomic mass is 32.1. The number of nitrogens with one attached hydrogen (secondary N) is 2. The Hall–Kier alpha value is -3.28. The molecule has 4 atom stereocenters. The van der Waals surface area contributed by atoms with Crippen molar-refractivity contribution in [3.63, 3.8) is 0 Å². The van der Waals surface area contributed by atoms with Gasteiger partial charge in [0.25, 0.3) is 0 Å². The largest absolute Gasteiger partial charge is 0.369 e. The standard InChI is InChI=1S/C38H49FN8OS/c39-29-22-27(41-38-42-30-13-20-49-35(30)37(44-38)43-33-26-8-7-25(21-26)32(33)36(40)48)9-10-31(29)46-14-11-28(12-15-46)45-16-18-47(19-17-45)34-23-3-1-4-24(34)6-2-5-23/h7-10,13,20,22-26,28,32-34H,1-6,11-12,14-19,21H2,(H2,40,48)(H2,41,42,43,44). The molecule has 4 N–H and O–H groups in total. The number of carbonyl (C=O) groups excluding carboxylic acids is 1. The van der Waals surface area contributed by atoms with Crippen LogP contribution in [0.1, 0.15) is 57.8 Å². The molecule has 4 heterocycles. The molecule has 3 aromatic rings. The molecule has 0 radical (unpaired) electrons. The number of primary amides is 1. The van der Waals surface area contributed by atoms with Gasteiger partial charge in [0.05, 0.1) is 21.8 Å². The van der Waals surface area contributed by atoms with Crippen molar-refractivity contribution >= 4 is 50.6 Å². The van der Waals surface area contributed by atoms with Crippen molar-refractivity contribution in [3.8, 4) is 0 Å². The van der Waals surface area contributed by atoms with Gasteiger partial charge in [0.15, 0.2) is 0 Å². The smallest absolute Gasteiger partial charge is 0.229 e. The van der Waals surface area contributed by atoms with Gasteiger partial charge in [-0.15, -0.1) is 11.3 Å². The third-order valence-electron chi connectivity index (χ3n) is 13.0. The van der Waals surface area contributed by atoms with Gasteiger partial charge in [-0.05, 0) is 98.3 Å². The molecule has 9 rings (SSSR count). The lowest BCUT2D eigenvalue weighted by Gasteiger charge is -2.51. The molecule has 5 fully saturated rings. The maximum Gasteiger partial charge on any atom is 0.229 e. The summed E-state index contributed by atoms with van der Waals surface area (Å²) < 4.78 is 16.6. The molecule has 4 bridgehead atoms. The molecule has 2 aromatic heterocycles. The Morgan fingerprint density at radius 1 is 0.878 bits per heavy atom. The Kier molecular flexibility index (Phi) is 8.48. The molecule has 49 heavy (non-hydrogen) atoms. The molecule has 4 unspecified atom stereocenters. The van der Waals surface area contributed by atoms with Crippen LogP contribution in [0.15, 0.2) is 41.8 Å². The van der Waals surface area contributed by atoms with E-state index in [-0.39, 0.29) is 35.5 Å². The lowest BCUT2D eigenvalue weighted by molar-refractivity contribution is -0.122. The third-order valence-corrected chi connectivity index (χ3v) is 13.9. The molecular formula is C38H49FN8OS. The van der Waals surface area contributed by atoms with Gasteiger partial charge in [-0.3, -0.25) is 14.6 Å². The number of piperidine rings is 1. The van der Waals surface area contributed by atoms with Crippen molar-refractivity contribution in [1.82, 2.24) is 19.8 Å². The van der Waals surface area contributed by atoms with E-state index in [1.807, 2.05) is 23.6 Å². The molecule has 3 saturated carbocycles. The van der Waals surface area contributed by atoms with Crippen LogP contribution < -0.4 is 21.3 Å². The van der Waals surface area contributed by atoms with Crippen LogP contribution in [-0.4, -0.2) is 83.1 Å². The summed E-state index contributed by atoms with van der Waals surface area (Å²) in [6, 6.07) is 8.65. The summed E-state index contributed by atoms with van der Waals surface area (Å²) in [5.41, 5.74) is 7.89. The number of amides is 1. The summed E-state index contributed by atoms with van der Waals surface area (Å²) in [7, 11) is 0. The fourth-order valence-electron chi connectivity index (χ4n) is 10.7. The number of aromatic nitrogens is 2. The molecule has 6 aliphatic rings. The summed E-state index contributed by atoms with van der Waals surface area (Å²) in [4.78, 5) is 29.7. The Morgan fingerprint density at radius 3 is 2.31 bits per heavy atom. The van der Waals surface area contributed by atoms with Crippen molar-refractivity contribution in [3.05, 3.63) is 47.6 Å². The summed E-state index contributed by atoms with van der Waals surface area (Å²) in [6.07, 6.45) is 16.1. The minimum Gasteiger partial charge on any atom is -0.369 e. The number of hydrogen-bond donors (Lipinski definition) is 3. The lowest BCUT2D eigenvalue weighted by Crippen LogP contribution is -2.59. The second kappa shape index (κ2) is 13.1. The number of nitrogens with zero attached hydrogens (tertiary/aromatic N) is 5. The predicted molar refractivity (Wildman–Crippen MR) is 195 cm³/mol. The highest BCUT2D eigenvalue weighted by Gasteiger charge is 2.48. The average Bonchev–Trinajstić information content (AvgIpc) is 3.86. The van der Waals surface area contributed by atoms with Crippen LogP contribution in [-0.2, 0) is 4.79 Å². The van der Waals surface area contributed by atoms with Crippen molar-refractivity contribution in [2.24, 2.45) is 35.3 Å². The van der Waals surface area contributed by atoms with Gasteiger partial charge >= 0.3 is 0 Å². The highest BCUT2D eigenvalue weighted by Crippen LogP contribution is 2.46. The number of hydrogen-bond acceptors (Lipinski definition) is 9. The number of thiophene rings is 1. The zero-order valence-corrected chi connectivity index (χ0v) is 29.1. The van der Waals surface area contributed by atoms with Crippen molar-refractivity contribution in [2.75, 3.05) is 54.8 Å². The molecule has 9 nitrogen and oxygen atoms in total. The van der Waals surface area contributed by atoms with Gasteiger partial charge in [0, 0.05) is 63.1 Å². The SMILES string of the molecule is NC(=O)C1C2C=CC(C2)C1Nc1nc(Nc2ccc(N3CCC(N4CCN(C5C6CCCC5CCC6)CC4)CC3)c(F)c2)nc2ccsc12. The van der Waals surface area contributed by atoms with E-state index in [0.29, 0.717) is 29.2 Å². The summed E-state index contributed by atoms with van der Waals surface area (Å²) in [5, 5.41) is 8.79. The van der Waals surface area contributed by atoms with Crippen LogP contribution in [0, 0.1) is 35.4 Å². The number of carbonyl (C=O) groups is 1. The summed E-state index contributed by atoms with van der Waals surface area (Å²) >= 11 is 1.56. The van der Waals surface area contributed by atoms with Gasteiger partial charge in [-0.2, -0.15) is 4.98 Å². The first-order valence-corrected chi connectivity index (χ1v) is 19.7. The zero-order chi connectivity index (χ0) is 33.1. The summed E-state index contributed by atoms with van der Waals surface area (Å²) in [5.74, 6) is 2.59. The second-order valence-electron chi connectivity index (χ2n) is 15.5. The fourth-order valence-corrected chi connectivity index (χ4v) is 11.4. The molecule has 1 amide bonds. The summed E-state index contributed by atoms with van der Waals surface area (Å²) in [6.45, 7) is 6.53. The highest BCUT2D eigenvalue weighted by molar-refractivity contribution is 7.17. The van der Waals surface area contributed by atoms with Crippen LogP contribution >= 0.6 is 11.3 Å². The topological polar surface area (TPSA) is 103 Å². The van der Waals surface area contributed by atoms with Crippen molar-refractivity contribution < 1.29 is 9.18 Å². The number of allylic oxidation sites excluding steroid dienone is 1. The minimum absolute atomic E-state index is 0.104. The molecular weight excluding hydrogens is 636 g/mol. The number of anilines is 4. The fraction of sp³-hybridized carbons (Fsp3) is 0.605. The van der Waals surface area contributed by atoms with Crippen molar-refractivity contribution in [1.29, 1.82) is 0 Å². The quantitative estimate of drug-likeness (QED) is 0.241. The maximum absolute atomic E-state index is 15.7. The Labute approximate surface area is 292 Å². The van der Waals surface area contributed by atoms with Crippen LogP contribution in [0.2, 0.25) is 0 Å². The normalized spacial score (nSPS) is 32.2. The number of nitrogens with two attached hydrogens (primary N) is 1. The average molecular weight is 685 g/mol. The van der Waals surface area contributed by atoms with E-state index in [2.05, 4.69) is 37.5 Å². The van der Waals surface area contributed by atoms with Crippen LogP contribution in [0.3, 0.4) is 0 Å². The molecule has 11 heteroatoms. The van der Waals surface area contributed by atoms with Gasteiger partial charge in [0.2, 0.25) is 11.9 Å². The molecule has 2 aliphatic heterocycles. The van der Waals surface area contributed by atoms with E-state index in [1.165, 1.54) is 64.7 Å². The lowest BCUT2D eigenvalue weighted by atomic mass is 9.68. The van der Waals surface area contributed by atoms with Gasteiger partial charge in [-0.25, -0.2) is 9.37 Å². The first-order chi connectivity index (χ1) is 24.0. The second-order valence-corrected chi connectivity index (χ2v) is 16.4. The molecule has 260 valence electrons. The van der Waals surface area contributed by atoms with Gasteiger partial charge in [-0.1, -0.05) is 25.0 Å². The van der Waals surface area contributed by atoms with Gasteiger partial charge in [0.1, 0.15) is 11.6 Å². The van der Waals surface area contributed by atoms with Crippen LogP contribution in [0.25, 0.3) is 10.2 Å². The molecule has 1 aromatic carbocycles. The van der Waals surface area contributed by atoms with E-state index in [1.54, 1.807) is 17.4 Å². The number of benzene rings is 1. The molecule has 0 spiro atoms. The number of rotatable bonds is 8. The first kappa shape index (κ1) is 31.7. The number of piperazine rings is 1. The zero-order valence-electron chi connectivity index (χ0n) is 28.3. The van der Waals surface area contributed by atoms with E-state index in [4.69, 9.17) is 15.7 Å². The van der Waals surface area contributed by atoms with Crippen LogP contribution in [0.5, 0.6) is 0 Å². The van der Waals surface area contributed by atoms with Crippen LogP contribution in [0.4, 0.5) is 27.5 Å². The third kappa shape index (κ3) is 5.99. The predicted octanol–water partition coefficient (Wildman–Crippen LogP) is 6.22. The molecule has 2 saturated heterocycles. The van der Waals surface area contributed by atoms with E-state index >= 15 is 4.39 Å². The Balaban J connectivity index is 0.821. The first-order valence-electron chi connectivity index (χ1n) is 18.8. The maximum atomic E-state index is 15.7. The van der Waals surface area contributed by atoms with Crippen molar-refractivity contribution in [2.45, 2.75) is 75.9 Å². The van der Waals surface area contributed by atoms with E-state index < -0.39 is 0 Å². The number of fused-ring (bicyclic) bond motifs is 5. The Bertz CT molecular complexity index is 1690. The Morgan fingerprint density at radius 2 is 1.59 bits per heavy atom. The minimum atomic E-state index is -0.279.